The van der Waals surface area contributed by atoms with Crippen LogP contribution in [0.5, 0.6) is 5.75 Å². The molecule has 5 heteroatoms. The molecule has 4 N–H and O–H groups in total. The number of rotatable bonds is 4. The Balaban J connectivity index is 3.14. The van der Waals surface area contributed by atoms with E-state index in [4.69, 9.17) is 16.2 Å². The fourth-order valence-corrected chi connectivity index (χ4v) is 1.38. The summed E-state index contributed by atoms with van der Waals surface area (Å²) in [4.78, 5) is 0. The molecular weight excluding hydrogens is 204 g/mol. The van der Waals surface area contributed by atoms with E-state index in [1.165, 1.54) is 0 Å². The van der Waals surface area contributed by atoms with E-state index in [0.29, 0.717) is 5.84 Å². The van der Waals surface area contributed by atoms with E-state index in [9.17, 15) is 0 Å². The Bertz CT molecular complexity index is 386. The Kier molecular flexibility index (Phi) is 4.13. The van der Waals surface area contributed by atoms with Crippen LogP contribution in [-0.2, 0) is 0 Å². The van der Waals surface area contributed by atoms with E-state index in [-0.39, 0.29) is 6.67 Å². The second kappa shape index (κ2) is 5.37. The summed E-state index contributed by atoms with van der Waals surface area (Å²) in [6.07, 6.45) is 0. The molecule has 5 nitrogen and oxygen atoms in total. The summed E-state index contributed by atoms with van der Waals surface area (Å²) in [6, 6.07) is 5.81. The van der Waals surface area contributed by atoms with Crippen LogP contribution in [0.4, 0.5) is 5.69 Å². The first-order valence-corrected chi connectivity index (χ1v) is 5.01. The molecule has 1 aromatic carbocycles. The van der Waals surface area contributed by atoms with E-state index >= 15 is 0 Å². The van der Waals surface area contributed by atoms with Crippen molar-refractivity contribution < 1.29 is 4.74 Å². The summed E-state index contributed by atoms with van der Waals surface area (Å²) in [6.45, 7) is 3.95. The third-order valence-corrected chi connectivity index (χ3v) is 2.06. The molecule has 0 unspecified atom stereocenters. The molecule has 0 radical (unpaired) electrons. The molecule has 0 aliphatic rings. The predicted molar refractivity (Wildman–Crippen MR) is 66.6 cm³/mol. The molecule has 16 heavy (non-hydrogen) atoms. The quantitative estimate of drug-likeness (QED) is 0.345. The molecule has 1 rings (SSSR count). The Labute approximate surface area is 95.7 Å². The van der Waals surface area contributed by atoms with Gasteiger partial charge in [0.15, 0.2) is 0 Å². The minimum absolute atomic E-state index is 0.244. The van der Waals surface area contributed by atoms with Crippen LogP contribution in [0.25, 0.3) is 0 Å². The highest BCUT2D eigenvalue weighted by atomic mass is 16.5. The monoisotopic (exact) mass is 222 g/mol. The standard InChI is InChI=1S/C11H18N4O/c1-8-4-5-10(11(6-8)16-3)15(7-12)14-9(2)13/h4-6H,7,12H2,1-3H3,(H2,13,14). The number of methoxy groups -OCH3 is 1. The lowest BCUT2D eigenvalue weighted by Gasteiger charge is -2.20. The molecule has 0 aliphatic heterocycles. The Morgan fingerprint density at radius 1 is 1.50 bits per heavy atom. The van der Waals surface area contributed by atoms with Crippen LogP contribution in [0.2, 0.25) is 0 Å². The number of hydrogen-bond donors (Lipinski definition) is 2. The van der Waals surface area contributed by atoms with Crippen molar-refractivity contribution in [1.29, 1.82) is 0 Å². The maximum absolute atomic E-state index is 5.62. The first kappa shape index (κ1) is 12.3. The smallest absolute Gasteiger partial charge is 0.144 e. The van der Waals surface area contributed by atoms with Gasteiger partial charge in [-0.3, -0.25) is 0 Å². The predicted octanol–water partition coefficient (Wildman–Crippen LogP) is 1.02. The molecule has 0 bridgehead atoms. The van der Waals surface area contributed by atoms with Crippen molar-refractivity contribution in [1.82, 2.24) is 0 Å². The Morgan fingerprint density at radius 3 is 2.69 bits per heavy atom. The first-order valence-electron chi connectivity index (χ1n) is 5.01. The summed E-state index contributed by atoms with van der Waals surface area (Å²) >= 11 is 0. The number of amidine groups is 1. The van der Waals surface area contributed by atoms with Crippen molar-refractivity contribution in [2.24, 2.45) is 16.6 Å². The van der Waals surface area contributed by atoms with Gasteiger partial charge in [-0.05, 0) is 31.5 Å². The van der Waals surface area contributed by atoms with Crippen LogP contribution >= 0.6 is 0 Å². The van der Waals surface area contributed by atoms with Crippen LogP contribution < -0.4 is 21.2 Å². The van der Waals surface area contributed by atoms with Crippen LogP contribution in [0.3, 0.4) is 0 Å². The van der Waals surface area contributed by atoms with Gasteiger partial charge >= 0.3 is 0 Å². The lowest BCUT2D eigenvalue weighted by molar-refractivity contribution is 0.414. The molecule has 0 amide bonds. The maximum atomic E-state index is 5.62. The molecule has 0 fully saturated rings. The molecule has 0 atom stereocenters. The molecule has 88 valence electrons. The highest BCUT2D eigenvalue weighted by Gasteiger charge is 2.09. The van der Waals surface area contributed by atoms with Crippen LogP contribution in [0, 0.1) is 6.92 Å². The maximum Gasteiger partial charge on any atom is 0.144 e. The van der Waals surface area contributed by atoms with Crippen molar-refractivity contribution in [3.05, 3.63) is 23.8 Å². The molecule has 1 aromatic rings. The minimum atomic E-state index is 0.244. The van der Waals surface area contributed by atoms with Crippen molar-refractivity contribution in [2.45, 2.75) is 13.8 Å². The Morgan fingerprint density at radius 2 is 2.19 bits per heavy atom. The van der Waals surface area contributed by atoms with Gasteiger partial charge in [0.2, 0.25) is 0 Å². The first-order chi connectivity index (χ1) is 7.58. The van der Waals surface area contributed by atoms with Gasteiger partial charge in [-0.25, -0.2) is 5.01 Å². The summed E-state index contributed by atoms with van der Waals surface area (Å²) in [5.41, 5.74) is 13.1. The second-order valence-corrected chi connectivity index (χ2v) is 3.50. The van der Waals surface area contributed by atoms with Crippen LogP contribution in [0.15, 0.2) is 23.3 Å². The molecule has 0 aromatic heterocycles. The largest absolute Gasteiger partial charge is 0.494 e. The Hall–Kier alpha value is -1.75. The summed E-state index contributed by atoms with van der Waals surface area (Å²) in [7, 11) is 1.62. The molecular formula is C11H18N4O. The normalized spacial score (nSPS) is 11.4. The van der Waals surface area contributed by atoms with Gasteiger partial charge in [0.1, 0.15) is 17.3 Å². The van der Waals surface area contributed by atoms with Crippen molar-refractivity contribution in [2.75, 3.05) is 18.8 Å². The number of aryl methyl sites for hydroxylation is 1. The number of ether oxygens (including phenoxy) is 1. The van der Waals surface area contributed by atoms with Gasteiger partial charge in [-0.15, -0.1) is 0 Å². The van der Waals surface area contributed by atoms with Gasteiger partial charge in [0.05, 0.1) is 13.8 Å². The molecule has 0 spiro atoms. The number of hydrazone groups is 1. The van der Waals surface area contributed by atoms with E-state index in [2.05, 4.69) is 5.10 Å². The van der Waals surface area contributed by atoms with Gasteiger partial charge in [0.25, 0.3) is 0 Å². The lowest BCUT2D eigenvalue weighted by Crippen LogP contribution is -2.27. The zero-order valence-corrected chi connectivity index (χ0v) is 9.90. The second-order valence-electron chi connectivity index (χ2n) is 3.50. The summed E-state index contributed by atoms with van der Waals surface area (Å²) in [5.74, 6) is 1.18. The van der Waals surface area contributed by atoms with E-state index in [1.54, 1.807) is 19.0 Å². The van der Waals surface area contributed by atoms with Gasteiger partial charge in [-0.2, -0.15) is 5.10 Å². The third-order valence-electron chi connectivity index (χ3n) is 2.06. The zero-order chi connectivity index (χ0) is 12.1. The van der Waals surface area contributed by atoms with Crippen LogP contribution in [-0.4, -0.2) is 19.6 Å². The number of nitrogens with two attached hydrogens (primary N) is 2. The molecule has 0 saturated carbocycles. The van der Waals surface area contributed by atoms with E-state index < -0.39 is 0 Å². The average Bonchev–Trinajstić information content (AvgIpc) is 2.25. The zero-order valence-electron chi connectivity index (χ0n) is 9.90. The van der Waals surface area contributed by atoms with E-state index in [1.807, 2.05) is 25.1 Å². The third kappa shape index (κ3) is 2.87. The molecule has 0 heterocycles. The molecule has 0 saturated heterocycles. The molecule has 0 aliphatic carbocycles. The van der Waals surface area contributed by atoms with E-state index in [0.717, 1.165) is 17.0 Å². The SMILES string of the molecule is COc1cc(C)ccc1N(CN)/N=C(/C)N. The average molecular weight is 222 g/mol. The number of nitrogens with zero attached hydrogens (tertiary/aromatic N) is 2. The summed E-state index contributed by atoms with van der Waals surface area (Å²) < 4.78 is 5.28. The summed E-state index contributed by atoms with van der Waals surface area (Å²) in [5, 5.41) is 5.73. The van der Waals surface area contributed by atoms with Crippen molar-refractivity contribution in [3.8, 4) is 5.75 Å². The van der Waals surface area contributed by atoms with Crippen molar-refractivity contribution >= 4 is 11.5 Å². The number of benzene rings is 1. The fraction of sp³-hybridized carbons (Fsp3) is 0.364. The fourth-order valence-electron chi connectivity index (χ4n) is 1.38. The highest BCUT2D eigenvalue weighted by Crippen LogP contribution is 2.28. The number of hydrogen-bond acceptors (Lipinski definition) is 4. The van der Waals surface area contributed by atoms with Crippen molar-refractivity contribution in [3.63, 3.8) is 0 Å². The van der Waals surface area contributed by atoms with Gasteiger partial charge in [0, 0.05) is 0 Å². The topological polar surface area (TPSA) is 76.9 Å². The van der Waals surface area contributed by atoms with Gasteiger partial charge < -0.3 is 16.2 Å². The van der Waals surface area contributed by atoms with Gasteiger partial charge in [-0.1, -0.05) is 6.07 Å². The lowest BCUT2D eigenvalue weighted by atomic mass is 10.2. The number of anilines is 1. The van der Waals surface area contributed by atoms with Crippen LogP contribution in [0.1, 0.15) is 12.5 Å². The minimum Gasteiger partial charge on any atom is -0.494 e. The highest BCUT2D eigenvalue weighted by molar-refractivity contribution is 5.79.